The third-order valence-corrected chi connectivity index (χ3v) is 5.28. The van der Waals surface area contributed by atoms with Crippen molar-refractivity contribution in [3.05, 3.63) is 48.0 Å². The van der Waals surface area contributed by atoms with Gasteiger partial charge in [-0.2, -0.15) is 0 Å². The second kappa shape index (κ2) is 12.0. The van der Waals surface area contributed by atoms with Crippen LogP contribution in [0.25, 0.3) is 0 Å². The lowest BCUT2D eigenvalue weighted by Crippen LogP contribution is -2.45. The normalized spacial score (nSPS) is 19.7. The maximum absolute atomic E-state index is 4.82. The first kappa shape index (κ1) is 22.6. The van der Waals surface area contributed by atoms with Crippen molar-refractivity contribution in [2.75, 3.05) is 6.54 Å². The number of aromatic nitrogens is 3. The van der Waals surface area contributed by atoms with Gasteiger partial charge >= 0.3 is 0 Å². The molecule has 2 N–H and O–H groups in total. The fourth-order valence-electron chi connectivity index (χ4n) is 3.54. The summed E-state index contributed by atoms with van der Waals surface area (Å²) in [6, 6.07) is 10.9. The largest absolute Gasteiger partial charge is 0.355 e. The summed E-state index contributed by atoms with van der Waals surface area (Å²) in [6.45, 7) is 6.78. The van der Waals surface area contributed by atoms with Gasteiger partial charge in [-0.3, -0.25) is 0 Å². The Labute approximate surface area is 185 Å². The number of hydrogen-bond donors (Lipinski definition) is 2. The monoisotopic (exact) mass is 496 g/mol. The molecule has 1 saturated carbocycles. The van der Waals surface area contributed by atoms with Crippen LogP contribution in [0.3, 0.4) is 0 Å². The van der Waals surface area contributed by atoms with Crippen LogP contribution in [-0.4, -0.2) is 33.3 Å². The number of guanidine groups is 1. The highest BCUT2D eigenvalue weighted by Crippen LogP contribution is 2.23. The molecule has 0 atom stereocenters. The summed E-state index contributed by atoms with van der Waals surface area (Å²) in [5.74, 6) is 2.78. The van der Waals surface area contributed by atoms with Crippen molar-refractivity contribution in [2.24, 2.45) is 10.9 Å². The molecule has 0 unspecified atom stereocenters. The Kier molecular flexibility index (Phi) is 9.73. The molecule has 0 radical (unpaired) electrons. The van der Waals surface area contributed by atoms with E-state index in [0.717, 1.165) is 37.2 Å². The summed E-state index contributed by atoms with van der Waals surface area (Å²) in [5.41, 5.74) is 1.22. The lowest BCUT2D eigenvalue weighted by Gasteiger charge is -2.28. The van der Waals surface area contributed by atoms with Gasteiger partial charge in [-0.25, -0.2) is 4.99 Å². The maximum Gasteiger partial charge on any atom is 0.191 e. The molecule has 1 aromatic carbocycles. The van der Waals surface area contributed by atoms with E-state index in [-0.39, 0.29) is 24.0 Å². The van der Waals surface area contributed by atoms with E-state index in [2.05, 4.69) is 63.5 Å². The molecule has 1 aliphatic rings. The molecule has 0 bridgehead atoms. The summed E-state index contributed by atoms with van der Waals surface area (Å²) in [4.78, 5) is 4.82. The average Bonchev–Trinajstić information content (AvgIpc) is 3.16. The van der Waals surface area contributed by atoms with E-state index < -0.39 is 0 Å². The molecule has 1 fully saturated rings. The molecule has 0 amide bonds. The Morgan fingerprint density at radius 1 is 1.18 bits per heavy atom. The van der Waals surface area contributed by atoms with Crippen LogP contribution in [0.15, 0.2) is 41.7 Å². The molecule has 1 aromatic heterocycles. The van der Waals surface area contributed by atoms with E-state index in [0.29, 0.717) is 12.6 Å². The molecule has 0 saturated heterocycles. The molecule has 1 heterocycles. The van der Waals surface area contributed by atoms with Gasteiger partial charge in [-0.1, -0.05) is 44.2 Å². The number of nitrogens with one attached hydrogen (secondary N) is 2. The number of rotatable bonds is 7. The molecular weight excluding hydrogens is 463 g/mol. The first-order valence-corrected chi connectivity index (χ1v) is 10.2. The Balaban J connectivity index is 0.00000280. The molecular formula is C21H33IN6. The minimum atomic E-state index is 0. The van der Waals surface area contributed by atoms with Crippen molar-refractivity contribution >= 4 is 29.9 Å². The second-order valence-electron chi connectivity index (χ2n) is 7.47. The predicted octanol–water partition coefficient (Wildman–Crippen LogP) is 3.77. The second-order valence-corrected chi connectivity index (χ2v) is 7.47. The first-order chi connectivity index (χ1) is 13.2. The van der Waals surface area contributed by atoms with Gasteiger partial charge in [0.2, 0.25) is 0 Å². The number of benzene rings is 1. The van der Waals surface area contributed by atoms with Gasteiger partial charge in [-0.05, 0) is 37.2 Å². The number of halogens is 1. The lowest BCUT2D eigenvalue weighted by atomic mass is 9.87. The summed E-state index contributed by atoms with van der Waals surface area (Å²) >= 11 is 0. The smallest absolute Gasteiger partial charge is 0.191 e. The molecule has 2 aromatic rings. The SMILES string of the molecule is CCc1nncn1CCNC(=NCc1ccccc1)NC1CCC(C)CC1.I. The summed E-state index contributed by atoms with van der Waals surface area (Å²) in [7, 11) is 0. The van der Waals surface area contributed by atoms with Crippen molar-refractivity contribution in [1.82, 2.24) is 25.4 Å². The highest BCUT2D eigenvalue weighted by Gasteiger charge is 2.19. The fraction of sp³-hybridized carbons (Fsp3) is 0.571. The Bertz CT molecular complexity index is 707. The molecule has 0 spiro atoms. The van der Waals surface area contributed by atoms with Crippen LogP contribution in [0.4, 0.5) is 0 Å². The first-order valence-electron chi connectivity index (χ1n) is 10.2. The highest BCUT2D eigenvalue weighted by atomic mass is 127. The fourth-order valence-corrected chi connectivity index (χ4v) is 3.54. The zero-order valence-electron chi connectivity index (χ0n) is 17.0. The van der Waals surface area contributed by atoms with Crippen LogP contribution in [0.2, 0.25) is 0 Å². The van der Waals surface area contributed by atoms with E-state index >= 15 is 0 Å². The summed E-state index contributed by atoms with van der Waals surface area (Å²) in [6.07, 6.45) is 7.73. The van der Waals surface area contributed by atoms with E-state index in [4.69, 9.17) is 4.99 Å². The van der Waals surface area contributed by atoms with E-state index in [1.807, 2.05) is 6.07 Å². The minimum absolute atomic E-state index is 0. The van der Waals surface area contributed by atoms with Crippen LogP contribution < -0.4 is 10.6 Å². The van der Waals surface area contributed by atoms with Crippen molar-refractivity contribution in [1.29, 1.82) is 0 Å². The summed E-state index contributed by atoms with van der Waals surface area (Å²) in [5, 5.41) is 15.3. The number of aryl methyl sites for hydroxylation is 1. The third kappa shape index (κ3) is 7.07. The van der Waals surface area contributed by atoms with Gasteiger partial charge in [0.25, 0.3) is 0 Å². The van der Waals surface area contributed by atoms with Gasteiger partial charge in [-0.15, -0.1) is 34.2 Å². The van der Waals surface area contributed by atoms with E-state index in [1.165, 1.54) is 31.2 Å². The van der Waals surface area contributed by atoms with Crippen molar-refractivity contribution in [2.45, 2.75) is 65.1 Å². The predicted molar refractivity (Wildman–Crippen MR) is 125 cm³/mol. The highest BCUT2D eigenvalue weighted by molar-refractivity contribution is 14.0. The Hall–Kier alpha value is -1.64. The van der Waals surface area contributed by atoms with Crippen LogP contribution in [0.5, 0.6) is 0 Å². The van der Waals surface area contributed by atoms with Gasteiger partial charge in [0, 0.05) is 25.6 Å². The molecule has 0 aliphatic heterocycles. The van der Waals surface area contributed by atoms with Crippen LogP contribution in [-0.2, 0) is 19.5 Å². The van der Waals surface area contributed by atoms with Crippen molar-refractivity contribution < 1.29 is 0 Å². The molecule has 6 nitrogen and oxygen atoms in total. The van der Waals surface area contributed by atoms with Gasteiger partial charge < -0.3 is 15.2 Å². The molecule has 3 rings (SSSR count). The van der Waals surface area contributed by atoms with Crippen LogP contribution in [0.1, 0.15) is 50.9 Å². The topological polar surface area (TPSA) is 67.1 Å². The number of nitrogens with zero attached hydrogens (tertiary/aromatic N) is 4. The third-order valence-electron chi connectivity index (χ3n) is 5.28. The van der Waals surface area contributed by atoms with Crippen molar-refractivity contribution in [3.63, 3.8) is 0 Å². The number of hydrogen-bond acceptors (Lipinski definition) is 3. The van der Waals surface area contributed by atoms with Crippen molar-refractivity contribution in [3.8, 4) is 0 Å². The quantitative estimate of drug-likeness (QED) is 0.348. The maximum atomic E-state index is 4.82. The van der Waals surface area contributed by atoms with Gasteiger partial charge in [0.15, 0.2) is 5.96 Å². The Morgan fingerprint density at radius 3 is 2.64 bits per heavy atom. The molecule has 7 heteroatoms. The zero-order valence-corrected chi connectivity index (χ0v) is 19.3. The van der Waals surface area contributed by atoms with E-state index in [9.17, 15) is 0 Å². The molecule has 1 aliphatic carbocycles. The van der Waals surface area contributed by atoms with Gasteiger partial charge in [0.05, 0.1) is 6.54 Å². The standard InChI is InChI=1S/C21H32N6.HI/c1-3-20-26-24-16-27(20)14-13-22-21(23-15-18-7-5-4-6-8-18)25-19-11-9-17(2)10-12-19;/h4-8,16-17,19H,3,9-15H2,1-2H3,(H2,22,23,25);1H. The minimum Gasteiger partial charge on any atom is -0.355 e. The summed E-state index contributed by atoms with van der Waals surface area (Å²) < 4.78 is 2.10. The Morgan fingerprint density at radius 2 is 1.93 bits per heavy atom. The van der Waals surface area contributed by atoms with Gasteiger partial charge in [0.1, 0.15) is 12.2 Å². The van der Waals surface area contributed by atoms with Crippen LogP contribution in [0, 0.1) is 5.92 Å². The molecule has 154 valence electrons. The lowest BCUT2D eigenvalue weighted by molar-refractivity contribution is 0.329. The zero-order chi connectivity index (χ0) is 18.9. The van der Waals surface area contributed by atoms with Crippen LogP contribution >= 0.6 is 24.0 Å². The van der Waals surface area contributed by atoms with E-state index in [1.54, 1.807) is 6.33 Å². The molecule has 28 heavy (non-hydrogen) atoms. The number of aliphatic imine (C=N–C) groups is 1. The average molecular weight is 496 g/mol.